The Bertz CT molecular complexity index is 351. The Labute approximate surface area is 92.5 Å². The Morgan fingerprint density at radius 1 is 1.21 bits per heavy atom. The van der Waals surface area contributed by atoms with Crippen molar-refractivity contribution in [3.8, 4) is 5.75 Å². The van der Waals surface area contributed by atoms with Crippen LogP contribution in [0.15, 0.2) is 4.47 Å². The third kappa shape index (κ3) is 1.35. The molecule has 0 radical (unpaired) electrons. The molecule has 0 spiro atoms. The maximum Gasteiger partial charge on any atom is 0.133 e. The Morgan fingerprint density at radius 3 is 2.64 bits per heavy atom. The van der Waals surface area contributed by atoms with Gasteiger partial charge in [0.1, 0.15) is 5.75 Å². The van der Waals surface area contributed by atoms with Crippen LogP contribution >= 0.6 is 15.9 Å². The Kier molecular flexibility index (Phi) is 2.54. The molecule has 1 heterocycles. The SMILES string of the molecule is Cc1c(O)c(Br)c(C)c2c1CCNC2. The third-order valence-corrected chi connectivity index (χ3v) is 3.99. The average Bonchev–Trinajstić information content (AvgIpc) is 2.23. The standard InChI is InChI=1S/C11H14BrNO/c1-6-9-5-13-4-3-8(9)7(2)11(14)10(6)12/h13-14H,3-5H2,1-2H3. The molecule has 0 fully saturated rings. The molecule has 0 bridgehead atoms. The van der Waals surface area contributed by atoms with Gasteiger partial charge in [0, 0.05) is 6.54 Å². The molecule has 0 amide bonds. The molecule has 76 valence electrons. The smallest absolute Gasteiger partial charge is 0.133 e. The lowest BCUT2D eigenvalue weighted by Crippen LogP contribution is -2.25. The first-order valence-electron chi connectivity index (χ1n) is 4.83. The molecule has 0 unspecified atom stereocenters. The molecule has 0 saturated carbocycles. The maximum absolute atomic E-state index is 9.88. The summed E-state index contributed by atoms with van der Waals surface area (Å²) >= 11 is 3.43. The molecule has 0 aromatic heterocycles. The lowest BCUT2D eigenvalue weighted by Gasteiger charge is -2.23. The van der Waals surface area contributed by atoms with Crippen molar-refractivity contribution in [3.63, 3.8) is 0 Å². The molecular weight excluding hydrogens is 242 g/mol. The number of halogens is 1. The zero-order valence-corrected chi connectivity index (χ0v) is 10.0. The molecule has 2 N–H and O–H groups in total. The van der Waals surface area contributed by atoms with Crippen LogP contribution in [0.2, 0.25) is 0 Å². The minimum absolute atomic E-state index is 0.406. The van der Waals surface area contributed by atoms with E-state index < -0.39 is 0 Å². The monoisotopic (exact) mass is 255 g/mol. The number of benzene rings is 1. The van der Waals surface area contributed by atoms with E-state index in [-0.39, 0.29) is 0 Å². The van der Waals surface area contributed by atoms with Gasteiger partial charge in [-0.1, -0.05) is 0 Å². The highest BCUT2D eigenvalue weighted by Gasteiger charge is 2.19. The van der Waals surface area contributed by atoms with Crippen LogP contribution in [-0.2, 0) is 13.0 Å². The summed E-state index contributed by atoms with van der Waals surface area (Å²) in [4.78, 5) is 0. The van der Waals surface area contributed by atoms with Crippen molar-refractivity contribution >= 4 is 15.9 Å². The molecule has 0 aliphatic carbocycles. The number of aromatic hydroxyl groups is 1. The lowest BCUT2D eigenvalue weighted by atomic mass is 9.92. The van der Waals surface area contributed by atoms with Gasteiger partial charge in [-0.2, -0.15) is 0 Å². The first kappa shape index (κ1) is 9.99. The van der Waals surface area contributed by atoms with Crippen molar-refractivity contribution in [2.45, 2.75) is 26.8 Å². The average molecular weight is 256 g/mol. The molecule has 0 saturated heterocycles. The van der Waals surface area contributed by atoms with E-state index in [1.54, 1.807) is 0 Å². The highest BCUT2D eigenvalue weighted by molar-refractivity contribution is 9.10. The van der Waals surface area contributed by atoms with Gasteiger partial charge in [-0.3, -0.25) is 0 Å². The quantitative estimate of drug-likeness (QED) is 0.747. The van der Waals surface area contributed by atoms with Gasteiger partial charge in [0.25, 0.3) is 0 Å². The number of hydrogen-bond acceptors (Lipinski definition) is 2. The predicted molar refractivity (Wildman–Crippen MR) is 60.7 cm³/mol. The predicted octanol–water partition coefficient (Wildman–Crippen LogP) is 2.42. The van der Waals surface area contributed by atoms with Crippen molar-refractivity contribution in [3.05, 3.63) is 26.7 Å². The molecule has 1 aromatic carbocycles. The largest absolute Gasteiger partial charge is 0.506 e. The highest BCUT2D eigenvalue weighted by atomic mass is 79.9. The fourth-order valence-electron chi connectivity index (χ4n) is 2.07. The summed E-state index contributed by atoms with van der Waals surface area (Å²) in [6, 6.07) is 0. The zero-order valence-electron chi connectivity index (χ0n) is 8.45. The second-order valence-electron chi connectivity index (χ2n) is 3.80. The molecule has 3 heteroatoms. The van der Waals surface area contributed by atoms with E-state index in [2.05, 4.69) is 28.2 Å². The van der Waals surface area contributed by atoms with Gasteiger partial charge < -0.3 is 10.4 Å². The molecule has 1 aliphatic rings. The fourth-order valence-corrected chi connectivity index (χ4v) is 2.61. The van der Waals surface area contributed by atoms with Crippen LogP contribution in [0.4, 0.5) is 0 Å². The van der Waals surface area contributed by atoms with Crippen LogP contribution in [0.25, 0.3) is 0 Å². The first-order valence-corrected chi connectivity index (χ1v) is 5.62. The molecule has 2 rings (SSSR count). The number of rotatable bonds is 0. The molecular formula is C11H14BrNO. The van der Waals surface area contributed by atoms with E-state index in [9.17, 15) is 5.11 Å². The number of phenolic OH excluding ortho intramolecular Hbond substituents is 1. The van der Waals surface area contributed by atoms with Gasteiger partial charge in [0.05, 0.1) is 4.47 Å². The first-order chi connectivity index (χ1) is 6.63. The number of hydrogen-bond donors (Lipinski definition) is 2. The topological polar surface area (TPSA) is 32.3 Å². The summed E-state index contributed by atoms with van der Waals surface area (Å²) in [6.07, 6.45) is 1.02. The van der Waals surface area contributed by atoms with E-state index in [1.807, 2.05) is 6.92 Å². The normalized spacial score (nSPS) is 15.4. The third-order valence-electron chi connectivity index (χ3n) is 3.02. The zero-order chi connectivity index (χ0) is 10.3. The van der Waals surface area contributed by atoms with Crippen LogP contribution in [0.5, 0.6) is 5.75 Å². The van der Waals surface area contributed by atoms with Crippen LogP contribution in [-0.4, -0.2) is 11.7 Å². The highest BCUT2D eigenvalue weighted by Crippen LogP contribution is 2.37. The van der Waals surface area contributed by atoms with Crippen molar-refractivity contribution in [1.82, 2.24) is 5.32 Å². The van der Waals surface area contributed by atoms with E-state index in [1.165, 1.54) is 11.1 Å². The van der Waals surface area contributed by atoms with Gasteiger partial charge in [0.2, 0.25) is 0 Å². The Hall–Kier alpha value is -0.540. The van der Waals surface area contributed by atoms with Gasteiger partial charge in [-0.15, -0.1) is 0 Å². The van der Waals surface area contributed by atoms with Crippen LogP contribution < -0.4 is 5.32 Å². The Balaban J connectivity index is 2.71. The van der Waals surface area contributed by atoms with Crippen LogP contribution in [0, 0.1) is 13.8 Å². The minimum Gasteiger partial charge on any atom is -0.506 e. The minimum atomic E-state index is 0.406. The summed E-state index contributed by atoms with van der Waals surface area (Å²) < 4.78 is 0.845. The molecule has 1 aliphatic heterocycles. The van der Waals surface area contributed by atoms with E-state index in [4.69, 9.17) is 0 Å². The fraction of sp³-hybridized carbons (Fsp3) is 0.455. The number of nitrogens with one attached hydrogen (secondary N) is 1. The van der Waals surface area contributed by atoms with Crippen molar-refractivity contribution < 1.29 is 5.11 Å². The molecule has 0 atom stereocenters. The summed E-state index contributed by atoms with van der Waals surface area (Å²) in [5.41, 5.74) is 4.86. The van der Waals surface area contributed by atoms with E-state index in [0.29, 0.717) is 5.75 Å². The van der Waals surface area contributed by atoms with E-state index >= 15 is 0 Å². The molecule has 1 aromatic rings. The summed E-state index contributed by atoms with van der Waals surface area (Å²) in [6.45, 7) is 5.97. The summed E-state index contributed by atoms with van der Waals surface area (Å²) in [7, 11) is 0. The van der Waals surface area contributed by atoms with Crippen molar-refractivity contribution in [1.29, 1.82) is 0 Å². The second kappa shape index (κ2) is 3.55. The molecule has 14 heavy (non-hydrogen) atoms. The number of fused-ring (bicyclic) bond motifs is 1. The van der Waals surface area contributed by atoms with Crippen LogP contribution in [0.3, 0.4) is 0 Å². The van der Waals surface area contributed by atoms with Crippen molar-refractivity contribution in [2.24, 2.45) is 0 Å². The number of phenols is 1. The van der Waals surface area contributed by atoms with E-state index in [0.717, 1.165) is 35.1 Å². The van der Waals surface area contributed by atoms with Crippen LogP contribution in [0.1, 0.15) is 22.3 Å². The molecule has 2 nitrogen and oxygen atoms in total. The Morgan fingerprint density at radius 2 is 1.93 bits per heavy atom. The van der Waals surface area contributed by atoms with Gasteiger partial charge in [-0.25, -0.2) is 0 Å². The van der Waals surface area contributed by atoms with Gasteiger partial charge in [-0.05, 0) is 65.0 Å². The maximum atomic E-state index is 9.88. The lowest BCUT2D eigenvalue weighted by molar-refractivity contribution is 0.464. The van der Waals surface area contributed by atoms with Crippen molar-refractivity contribution in [2.75, 3.05) is 6.54 Å². The van der Waals surface area contributed by atoms with Gasteiger partial charge in [0.15, 0.2) is 0 Å². The second-order valence-corrected chi connectivity index (χ2v) is 4.59. The van der Waals surface area contributed by atoms with Gasteiger partial charge >= 0.3 is 0 Å². The summed E-state index contributed by atoms with van der Waals surface area (Å²) in [5.74, 6) is 0.406. The summed E-state index contributed by atoms with van der Waals surface area (Å²) in [5, 5.41) is 13.2.